The van der Waals surface area contributed by atoms with Gasteiger partial charge < -0.3 is 5.32 Å². The van der Waals surface area contributed by atoms with Gasteiger partial charge in [0.25, 0.3) is 0 Å². The molecule has 18 heavy (non-hydrogen) atoms. The molecule has 3 rings (SSSR count). The summed E-state index contributed by atoms with van der Waals surface area (Å²) in [5, 5.41) is 6.38. The Hall–Kier alpha value is -1.49. The monoisotopic (exact) mass is 260 g/mol. The van der Waals surface area contributed by atoms with Gasteiger partial charge in [0.2, 0.25) is 0 Å². The molecule has 1 aliphatic rings. The maximum atomic E-state index is 4.68. The highest BCUT2D eigenvalue weighted by Crippen LogP contribution is 2.26. The van der Waals surface area contributed by atoms with Gasteiger partial charge in [0, 0.05) is 23.7 Å². The van der Waals surface area contributed by atoms with Crippen LogP contribution in [0.15, 0.2) is 5.38 Å². The molecule has 4 nitrogen and oxygen atoms in total. The molecule has 0 saturated carbocycles. The average Bonchev–Trinajstić information content (AvgIpc) is 2.97. The zero-order chi connectivity index (χ0) is 12.5. The third-order valence-electron chi connectivity index (χ3n) is 3.22. The fraction of sp³-hybridized carbons (Fsp3) is 0.462. The SMILES string of the molecule is CNc1nc(Cc2csc(C)n2)nc2c1CCC2. The first-order valence-electron chi connectivity index (χ1n) is 6.23. The molecule has 0 amide bonds. The number of hydrogen-bond acceptors (Lipinski definition) is 5. The molecule has 0 aliphatic heterocycles. The minimum absolute atomic E-state index is 0.728. The van der Waals surface area contributed by atoms with Gasteiger partial charge in [-0.25, -0.2) is 15.0 Å². The van der Waals surface area contributed by atoms with Crippen molar-refractivity contribution in [1.82, 2.24) is 15.0 Å². The van der Waals surface area contributed by atoms with E-state index in [1.165, 1.54) is 17.7 Å². The fourth-order valence-corrected chi connectivity index (χ4v) is 3.03. The van der Waals surface area contributed by atoms with E-state index in [4.69, 9.17) is 0 Å². The first-order chi connectivity index (χ1) is 8.76. The lowest BCUT2D eigenvalue weighted by molar-refractivity contribution is 0.880. The molecule has 0 spiro atoms. The second kappa shape index (κ2) is 4.65. The number of aryl methyl sites for hydroxylation is 2. The van der Waals surface area contributed by atoms with Crippen molar-refractivity contribution in [3.05, 3.63) is 33.2 Å². The second-order valence-electron chi connectivity index (χ2n) is 4.55. The van der Waals surface area contributed by atoms with Crippen molar-refractivity contribution < 1.29 is 0 Å². The van der Waals surface area contributed by atoms with Crippen LogP contribution in [0.2, 0.25) is 0 Å². The van der Waals surface area contributed by atoms with Gasteiger partial charge >= 0.3 is 0 Å². The number of rotatable bonds is 3. The van der Waals surface area contributed by atoms with E-state index in [1.54, 1.807) is 11.3 Å². The minimum atomic E-state index is 0.728. The molecule has 0 bridgehead atoms. The molecule has 1 N–H and O–H groups in total. The van der Waals surface area contributed by atoms with Crippen LogP contribution in [-0.4, -0.2) is 22.0 Å². The lowest BCUT2D eigenvalue weighted by atomic mass is 10.2. The summed E-state index contributed by atoms with van der Waals surface area (Å²) in [4.78, 5) is 13.8. The second-order valence-corrected chi connectivity index (χ2v) is 5.61. The lowest BCUT2D eigenvalue weighted by Crippen LogP contribution is -2.06. The zero-order valence-electron chi connectivity index (χ0n) is 10.7. The van der Waals surface area contributed by atoms with Crippen molar-refractivity contribution in [3.63, 3.8) is 0 Å². The molecule has 2 aromatic heterocycles. The largest absolute Gasteiger partial charge is 0.373 e. The summed E-state index contributed by atoms with van der Waals surface area (Å²) in [6, 6.07) is 0. The standard InChI is InChI=1S/C13H16N4S/c1-8-15-9(7-18-8)6-12-16-11-5-3-4-10(11)13(14-2)17-12/h7H,3-6H2,1-2H3,(H,14,16,17). The van der Waals surface area contributed by atoms with Crippen LogP contribution >= 0.6 is 11.3 Å². The number of nitrogens with one attached hydrogen (secondary N) is 1. The first kappa shape index (κ1) is 11.6. The summed E-state index contributed by atoms with van der Waals surface area (Å²) >= 11 is 1.68. The van der Waals surface area contributed by atoms with Gasteiger partial charge in [0.15, 0.2) is 0 Å². The number of anilines is 1. The summed E-state index contributed by atoms with van der Waals surface area (Å²) in [6.45, 7) is 2.02. The van der Waals surface area contributed by atoms with E-state index in [0.29, 0.717) is 0 Å². The predicted octanol–water partition coefficient (Wildman–Crippen LogP) is 2.36. The van der Waals surface area contributed by atoms with E-state index < -0.39 is 0 Å². The predicted molar refractivity (Wildman–Crippen MR) is 73.3 cm³/mol. The van der Waals surface area contributed by atoms with E-state index in [1.807, 2.05) is 14.0 Å². The Balaban J connectivity index is 1.93. The highest BCUT2D eigenvalue weighted by molar-refractivity contribution is 7.09. The average molecular weight is 260 g/mol. The van der Waals surface area contributed by atoms with Gasteiger partial charge in [0.1, 0.15) is 11.6 Å². The van der Waals surface area contributed by atoms with Gasteiger partial charge in [0.05, 0.1) is 17.1 Å². The van der Waals surface area contributed by atoms with E-state index in [2.05, 4.69) is 25.6 Å². The molecular weight excluding hydrogens is 244 g/mol. The van der Waals surface area contributed by atoms with Crippen molar-refractivity contribution in [2.45, 2.75) is 32.6 Å². The van der Waals surface area contributed by atoms with Crippen LogP contribution in [0.3, 0.4) is 0 Å². The summed E-state index contributed by atoms with van der Waals surface area (Å²) in [5.74, 6) is 1.88. The molecular formula is C13H16N4S. The van der Waals surface area contributed by atoms with Crippen molar-refractivity contribution in [1.29, 1.82) is 0 Å². The van der Waals surface area contributed by atoms with Crippen molar-refractivity contribution in [2.75, 3.05) is 12.4 Å². The van der Waals surface area contributed by atoms with Gasteiger partial charge in [-0.05, 0) is 26.2 Å². The molecule has 0 unspecified atom stereocenters. The van der Waals surface area contributed by atoms with Crippen LogP contribution in [0.1, 0.15) is 34.2 Å². The highest BCUT2D eigenvalue weighted by Gasteiger charge is 2.18. The van der Waals surface area contributed by atoms with Gasteiger partial charge in [-0.3, -0.25) is 0 Å². The number of hydrogen-bond donors (Lipinski definition) is 1. The molecule has 0 saturated heterocycles. The highest BCUT2D eigenvalue weighted by atomic mass is 32.1. The third kappa shape index (κ3) is 2.10. The Labute approximate surface area is 111 Å². The third-order valence-corrected chi connectivity index (χ3v) is 4.04. The number of fused-ring (bicyclic) bond motifs is 1. The van der Waals surface area contributed by atoms with Gasteiger partial charge in [-0.2, -0.15) is 0 Å². The van der Waals surface area contributed by atoms with Crippen molar-refractivity contribution in [3.8, 4) is 0 Å². The van der Waals surface area contributed by atoms with E-state index in [-0.39, 0.29) is 0 Å². The first-order valence-corrected chi connectivity index (χ1v) is 7.11. The lowest BCUT2D eigenvalue weighted by Gasteiger charge is -2.08. The maximum absolute atomic E-state index is 4.68. The summed E-state index contributed by atoms with van der Waals surface area (Å²) in [7, 11) is 1.93. The quantitative estimate of drug-likeness (QED) is 0.920. The van der Waals surface area contributed by atoms with Gasteiger partial charge in [-0.1, -0.05) is 0 Å². The molecule has 0 fully saturated rings. The fourth-order valence-electron chi connectivity index (χ4n) is 2.42. The maximum Gasteiger partial charge on any atom is 0.137 e. The Morgan fingerprint density at radius 3 is 2.89 bits per heavy atom. The molecule has 94 valence electrons. The van der Waals surface area contributed by atoms with Crippen LogP contribution in [0.4, 0.5) is 5.82 Å². The number of thiazole rings is 1. The van der Waals surface area contributed by atoms with Crippen LogP contribution < -0.4 is 5.32 Å². The molecule has 0 atom stereocenters. The summed E-state index contributed by atoms with van der Waals surface area (Å²) < 4.78 is 0. The molecule has 0 radical (unpaired) electrons. The molecule has 2 heterocycles. The zero-order valence-corrected chi connectivity index (χ0v) is 11.5. The topological polar surface area (TPSA) is 50.7 Å². The smallest absolute Gasteiger partial charge is 0.137 e. The van der Waals surface area contributed by atoms with Crippen LogP contribution in [0.5, 0.6) is 0 Å². The minimum Gasteiger partial charge on any atom is -0.373 e. The van der Waals surface area contributed by atoms with E-state index in [9.17, 15) is 0 Å². The van der Waals surface area contributed by atoms with E-state index in [0.717, 1.165) is 41.6 Å². The van der Waals surface area contributed by atoms with Crippen LogP contribution in [0, 0.1) is 6.92 Å². The Kier molecular flexibility index (Phi) is 2.99. The summed E-state index contributed by atoms with van der Waals surface area (Å²) in [6.07, 6.45) is 4.10. The Morgan fingerprint density at radius 2 is 2.17 bits per heavy atom. The van der Waals surface area contributed by atoms with Gasteiger partial charge in [-0.15, -0.1) is 11.3 Å². The Morgan fingerprint density at radius 1 is 1.28 bits per heavy atom. The molecule has 0 aromatic carbocycles. The molecule has 2 aromatic rings. The number of nitrogens with zero attached hydrogens (tertiary/aromatic N) is 3. The number of aromatic nitrogens is 3. The normalized spacial score (nSPS) is 13.7. The molecule has 1 aliphatic carbocycles. The summed E-state index contributed by atoms with van der Waals surface area (Å²) in [5.41, 5.74) is 3.59. The van der Waals surface area contributed by atoms with Crippen molar-refractivity contribution in [2.24, 2.45) is 0 Å². The molecule has 5 heteroatoms. The van der Waals surface area contributed by atoms with Crippen LogP contribution in [-0.2, 0) is 19.3 Å². The van der Waals surface area contributed by atoms with Crippen molar-refractivity contribution >= 4 is 17.2 Å². The Bertz CT molecular complexity index is 576. The van der Waals surface area contributed by atoms with Crippen LogP contribution in [0.25, 0.3) is 0 Å². The van der Waals surface area contributed by atoms with E-state index >= 15 is 0 Å².